The average molecular weight is 628 g/mol. The Morgan fingerprint density at radius 3 is 1.51 bits per heavy atom. The number of hydrogen-bond donors (Lipinski definition) is 0. The highest BCUT2D eigenvalue weighted by molar-refractivity contribution is 6.32. The van der Waals surface area contributed by atoms with Gasteiger partial charge in [-0.3, -0.25) is 9.59 Å². The van der Waals surface area contributed by atoms with Gasteiger partial charge >= 0.3 is 0 Å². The van der Waals surface area contributed by atoms with Crippen molar-refractivity contribution in [1.82, 2.24) is 8.80 Å². The summed E-state index contributed by atoms with van der Waals surface area (Å²) in [6, 6.07) is 51.1. The molecule has 0 atom stereocenters. The zero-order chi connectivity index (χ0) is 32.4. The smallest absolute Gasteiger partial charge is 0.197 e. The molecule has 11 aromatic rings. The summed E-state index contributed by atoms with van der Waals surface area (Å²) in [5.41, 5.74) is 8.70. The van der Waals surface area contributed by atoms with Gasteiger partial charge in [0.25, 0.3) is 0 Å². The molecule has 5 heteroatoms. The number of rotatable bonds is 3. The molecule has 0 bridgehead atoms. The Balaban J connectivity index is 1.44. The maximum absolute atomic E-state index is 14.3. The maximum atomic E-state index is 14.3. The molecule has 0 saturated heterocycles. The Bertz CT molecular complexity index is 3220. The van der Waals surface area contributed by atoms with E-state index in [9.17, 15) is 9.59 Å². The second kappa shape index (κ2) is 9.43. The number of fused-ring (bicyclic) bond motifs is 11. The molecule has 0 saturated carbocycles. The first-order valence-corrected chi connectivity index (χ1v) is 16.5. The van der Waals surface area contributed by atoms with E-state index < -0.39 is 0 Å². The largest absolute Gasteiger partial charge is 0.310 e. The van der Waals surface area contributed by atoms with Gasteiger partial charge in [0.1, 0.15) is 0 Å². The molecular weight excluding hydrogens is 603 g/mol. The minimum atomic E-state index is 0.0202. The van der Waals surface area contributed by atoms with E-state index in [1.54, 1.807) is 0 Å². The van der Waals surface area contributed by atoms with Gasteiger partial charge in [-0.1, -0.05) is 72.8 Å². The number of hydrogen-bond acceptors (Lipinski definition) is 3. The van der Waals surface area contributed by atoms with Crippen LogP contribution in [0.3, 0.4) is 0 Å². The molecule has 0 fully saturated rings. The Kier molecular flexibility index (Phi) is 5.07. The molecule has 7 aromatic carbocycles. The second-order valence-electron chi connectivity index (χ2n) is 12.8. The second-order valence-corrected chi connectivity index (χ2v) is 12.8. The normalized spacial score (nSPS) is 12.2. The molecule has 0 N–H and O–H groups in total. The van der Waals surface area contributed by atoms with E-state index in [4.69, 9.17) is 0 Å². The summed E-state index contributed by atoms with van der Waals surface area (Å²) in [6.45, 7) is 0. The molecule has 5 nitrogen and oxygen atoms in total. The van der Waals surface area contributed by atoms with Gasteiger partial charge in [-0.05, 0) is 78.9 Å². The molecule has 4 heterocycles. The third-order valence-electron chi connectivity index (χ3n) is 10.3. The van der Waals surface area contributed by atoms with Crippen molar-refractivity contribution >= 4 is 93.3 Å². The van der Waals surface area contributed by atoms with E-state index in [1.807, 2.05) is 78.9 Å². The lowest BCUT2D eigenvalue weighted by Crippen LogP contribution is -2.11. The van der Waals surface area contributed by atoms with Crippen LogP contribution in [0.4, 0.5) is 17.1 Å². The molecule has 0 radical (unpaired) electrons. The van der Waals surface area contributed by atoms with Crippen molar-refractivity contribution in [2.75, 3.05) is 4.90 Å². The highest BCUT2D eigenvalue weighted by atomic mass is 16.1. The molecule has 0 unspecified atom stereocenters. The lowest BCUT2D eigenvalue weighted by molar-refractivity contribution is 1.29. The SMILES string of the molecule is O=c1c2ccccc2n2c3ccc4c5c(N(c6ccccc6)c6ccccc6)ccc6c(=O)c7ccccc7n(c65)c4c3c3cccc1c32. The number of pyridine rings is 2. The van der Waals surface area contributed by atoms with Gasteiger partial charge in [-0.25, -0.2) is 0 Å². The third kappa shape index (κ3) is 3.28. The van der Waals surface area contributed by atoms with Gasteiger partial charge in [-0.15, -0.1) is 0 Å². The fraction of sp³-hybridized carbons (Fsp3) is 0. The predicted molar refractivity (Wildman–Crippen MR) is 203 cm³/mol. The Labute approximate surface area is 278 Å². The molecule has 228 valence electrons. The Morgan fingerprint density at radius 1 is 0.347 bits per heavy atom. The Morgan fingerprint density at radius 2 is 0.837 bits per heavy atom. The van der Waals surface area contributed by atoms with Crippen LogP contribution < -0.4 is 15.8 Å². The maximum Gasteiger partial charge on any atom is 0.197 e. The van der Waals surface area contributed by atoms with Crippen LogP contribution >= 0.6 is 0 Å². The first kappa shape index (κ1) is 26.4. The van der Waals surface area contributed by atoms with Gasteiger partial charge in [0, 0.05) is 54.5 Å². The van der Waals surface area contributed by atoms with Crippen LogP contribution in [0.1, 0.15) is 0 Å². The van der Waals surface area contributed by atoms with Crippen LogP contribution in [-0.2, 0) is 0 Å². The summed E-state index contributed by atoms with van der Waals surface area (Å²) < 4.78 is 4.56. The zero-order valence-electron chi connectivity index (χ0n) is 26.1. The van der Waals surface area contributed by atoms with Gasteiger partial charge < -0.3 is 13.7 Å². The van der Waals surface area contributed by atoms with E-state index in [-0.39, 0.29) is 10.9 Å². The third-order valence-corrected chi connectivity index (χ3v) is 10.3. The lowest BCUT2D eigenvalue weighted by atomic mass is 10.0. The summed E-state index contributed by atoms with van der Waals surface area (Å²) in [6.07, 6.45) is 0. The highest BCUT2D eigenvalue weighted by Gasteiger charge is 2.27. The van der Waals surface area contributed by atoms with Crippen LogP contribution in [0.2, 0.25) is 0 Å². The summed E-state index contributed by atoms with van der Waals surface area (Å²) in [5.74, 6) is 0. The van der Waals surface area contributed by atoms with Gasteiger partial charge in [0.05, 0.1) is 38.8 Å². The summed E-state index contributed by atoms with van der Waals surface area (Å²) in [7, 11) is 0. The molecule has 0 spiro atoms. The van der Waals surface area contributed by atoms with E-state index in [0.29, 0.717) is 21.5 Å². The van der Waals surface area contributed by atoms with Crippen molar-refractivity contribution in [2.45, 2.75) is 0 Å². The molecule has 0 amide bonds. The van der Waals surface area contributed by atoms with E-state index in [1.165, 1.54) is 0 Å². The zero-order valence-corrected chi connectivity index (χ0v) is 26.1. The van der Waals surface area contributed by atoms with Crippen molar-refractivity contribution in [3.8, 4) is 0 Å². The van der Waals surface area contributed by atoms with Gasteiger partial charge in [0.15, 0.2) is 10.9 Å². The topological polar surface area (TPSA) is 46.2 Å². The van der Waals surface area contributed by atoms with Crippen molar-refractivity contribution in [1.29, 1.82) is 0 Å². The first-order valence-electron chi connectivity index (χ1n) is 16.5. The van der Waals surface area contributed by atoms with Gasteiger partial charge in [0.2, 0.25) is 0 Å². The van der Waals surface area contributed by atoms with Crippen molar-refractivity contribution in [2.24, 2.45) is 0 Å². The standard InChI is InChI=1S/C44H25N3O2/c48-43-28-16-7-9-20-34(28)46-37-24-22-31-39-36(45(26-12-3-1-4-13-26)27-14-5-2-6-15-27)25-23-33-42(39)47(35-21-10-8-17-29(35)44(33)49)41(31)38(37)30-18-11-19-32(43)40(30)46/h1-25H. The number of aromatic nitrogens is 2. The molecule has 11 rings (SSSR count). The first-order chi connectivity index (χ1) is 24.2. The summed E-state index contributed by atoms with van der Waals surface area (Å²) >= 11 is 0. The number of benzene rings is 7. The number of anilines is 3. The minimum absolute atomic E-state index is 0.0202. The van der Waals surface area contributed by atoms with Crippen LogP contribution in [0.25, 0.3) is 76.2 Å². The quantitative estimate of drug-likeness (QED) is 0.183. The predicted octanol–water partition coefficient (Wildman–Crippen LogP) is 10.2. The minimum Gasteiger partial charge on any atom is -0.310 e. The molecule has 4 aromatic heterocycles. The summed E-state index contributed by atoms with van der Waals surface area (Å²) in [5, 5.41) is 6.88. The average Bonchev–Trinajstić information content (AvgIpc) is 3.69. The number of para-hydroxylation sites is 5. The van der Waals surface area contributed by atoms with E-state index in [2.05, 4.69) is 86.5 Å². The lowest BCUT2D eigenvalue weighted by Gasteiger charge is -2.26. The van der Waals surface area contributed by atoms with Crippen molar-refractivity contribution in [3.05, 3.63) is 172 Å². The van der Waals surface area contributed by atoms with Crippen LogP contribution in [0.5, 0.6) is 0 Å². The number of nitrogens with zero attached hydrogens (tertiary/aromatic N) is 3. The molecular formula is C44H25N3O2. The van der Waals surface area contributed by atoms with Crippen LogP contribution in [0, 0.1) is 0 Å². The Hall–Kier alpha value is -6.72. The van der Waals surface area contributed by atoms with E-state index >= 15 is 0 Å². The van der Waals surface area contributed by atoms with Crippen molar-refractivity contribution in [3.63, 3.8) is 0 Å². The highest BCUT2D eigenvalue weighted by Crippen LogP contribution is 2.47. The van der Waals surface area contributed by atoms with Crippen molar-refractivity contribution < 1.29 is 0 Å². The fourth-order valence-electron chi connectivity index (χ4n) is 8.40. The molecule has 0 aliphatic rings. The van der Waals surface area contributed by atoms with Crippen LogP contribution in [-0.4, -0.2) is 8.80 Å². The fourth-order valence-corrected chi connectivity index (χ4v) is 8.40. The van der Waals surface area contributed by atoms with Gasteiger partial charge in [-0.2, -0.15) is 0 Å². The van der Waals surface area contributed by atoms with E-state index in [0.717, 1.165) is 71.7 Å². The molecule has 49 heavy (non-hydrogen) atoms. The van der Waals surface area contributed by atoms with Crippen LogP contribution in [0.15, 0.2) is 161 Å². The molecule has 0 aliphatic carbocycles. The molecule has 0 aliphatic heterocycles. The summed E-state index contributed by atoms with van der Waals surface area (Å²) in [4.78, 5) is 30.4. The monoisotopic (exact) mass is 627 g/mol.